The summed E-state index contributed by atoms with van der Waals surface area (Å²) in [6.07, 6.45) is 2.11. The second kappa shape index (κ2) is 8.99. The predicted octanol–water partition coefficient (Wildman–Crippen LogP) is 4.70. The summed E-state index contributed by atoms with van der Waals surface area (Å²) < 4.78 is 5.19. The van der Waals surface area contributed by atoms with E-state index in [-0.39, 0.29) is 11.8 Å². The van der Waals surface area contributed by atoms with Crippen molar-refractivity contribution in [2.45, 2.75) is 39.7 Å². The molecule has 0 bridgehead atoms. The van der Waals surface area contributed by atoms with Gasteiger partial charge in [-0.1, -0.05) is 61.9 Å². The smallest absolute Gasteiger partial charge is 0.331 e. The number of para-hydroxylation sites is 1. The van der Waals surface area contributed by atoms with E-state index in [1.165, 1.54) is 6.08 Å². The molecule has 1 atom stereocenters. The highest BCUT2D eigenvalue weighted by molar-refractivity contribution is 5.97. The second-order valence-corrected chi connectivity index (χ2v) is 6.55. The monoisotopic (exact) mass is 351 g/mol. The van der Waals surface area contributed by atoms with Crippen LogP contribution in [0.3, 0.4) is 0 Å². The third-order valence-corrected chi connectivity index (χ3v) is 3.99. The van der Waals surface area contributed by atoms with Gasteiger partial charge in [0.2, 0.25) is 0 Å². The lowest BCUT2D eigenvalue weighted by Crippen LogP contribution is -2.29. The number of carbonyl (C=O) groups is 2. The average molecular weight is 351 g/mol. The lowest BCUT2D eigenvalue weighted by molar-refractivity contribution is -0.148. The van der Waals surface area contributed by atoms with Crippen LogP contribution in [0.4, 0.5) is 5.69 Å². The molecule has 1 N–H and O–H groups in total. The Morgan fingerprint density at radius 1 is 1.00 bits per heavy atom. The molecule has 4 nitrogen and oxygen atoms in total. The van der Waals surface area contributed by atoms with Crippen LogP contribution in [-0.4, -0.2) is 18.0 Å². The van der Waals surface area contributed by atoms with Gasteiger partial charge in [-0.05, 0) is 43.0 Å². The molecule has 2 aromatic carbocycles. The van der Waals surface area contributed by atoms with Crippen molar-refractivity contribution in [2.75, 3.05) is 5.32 Å². The number of aryl methyl sites for hydroxylation is 1. The van der Waals surface area contributed by atoms with Gasteiger partial charge < -0.3 is 10.1 Å². The third kappa shape index (κ3) is 5.59. The molecule has 136 valence electrons. The molecule has 0 heterocycles. The summed E-state index contributed by atoms with van der Waals surface area (Å²) in [5, 5.41) is 2.84. The lowest BCUT2D eigenvalue weighted by atomic mass is 10.0. The van der Waals surface area contributed by atoms with E-state index in [4.69, 9.17) is 4.74 Å². The van der Waals surface area contributed by atoms with Crippen LogP contribution >= 0.6 is 0 Å². The van der Waals surface area contributed by atoms with Crippen molar-refractivity contribution in [3.8, 4) is 0 Å². The van der Waals surface area contributed by atoms with E-state index < -0.39 is 12.1 Å². The predicted molar refractivity (Wildman–Crippen MR) is 105 cm³/mol. The third-order valence-electron chi connectivity index (χ3n) is 3.99. The van der Waals surface area contributed by atoms with Crippen LogP contribution in [-0.2, 0) is 14.3 Å². The Hall–Kier alpha value is -2.88. The minimum atomic E-state index is -0.884. The molecule has 1 amide bonds. The fraction of sp³-hybridized carbons (Fsp3) is 0.273. The number of esters is 1. The normalized spacial score (nSPS) is 12.2. The van der Waals surface area contributed by atoms with Gasteiger partial charge in [0.25, 0.3) is 5.91 Å². The van der Waals surface area contributed by atoms with Crippen LogP contribution in [0.2, 0.25) is 0 Å². The van der Waals surface area contributed by atoms with E-state index >= 15 is 0 Å². The van der Waals surface area contributed by atoms with Crippen LogP contribution in [0.15, 0.2) is 54.6 Å². The summed E-state index contributed by atoms with van der Waals surface area (Å²) in [6.45, 7) is 7.68. The molecule has 4 heteroatoms. The summed E-state index contributed by atoms with van der Waals surface area (Å²) in [5.41, 5.74) is 3.83. The van der Waals surface area contributed by atoms with Gasteiger partial charge in [-0.15, -0.1) is 0 Å². The minimum Gasteiger partial charge on any atom is -0.449 e. The van der Waals surface area contributed by atoms with Crippen molar-refractivity contribution in [3.05, 3.63) is 71.3 Å². The first-order chi connectivity index (χ1) is 12.4. The van der Waals surface area contributed by atoms with Gasteiger partial charge in [-0.2, -0.15) is 0 Å². The lowest BCUT2D eigenvalue weighted by Gasteiger charge is -2.16. The van der Waals surface area contributed by atoms with E-state index in [0.29, 0.717) is 0 Å². The molecular formula is C22H25NO3. The molecule has 0 saturated heterocycles. The first-order valence-electron chi connectivity index (χ1n) is 8.72. The number of carbonyl (C=O) groups excluding carboxylic acids is 2. The van der Waals surface area contributed by atoms with Crippen LogP contribution in [0.25, 0.3) is 6.08 Å². The highest BCUT2D eigenvalue weighted by Gasteiger charge is 2.18. The number of nitrogens with one attached hydrogen (secondary N) is 1. The molecule has 0 aliphatic carbocycles. The van der Waals surface area contributed by atoms with Crippen molar-refractivity contribution < 1.29 is 14.3 Å². The summed E-state index contributed by atoms with van der Waals surface area (Å²) in [7, 11) is 0. The van der Waals surface area contributed by atoms with Gasteiger partial charge in [0.15, 0.2) is 6.10 Å². The van der Waals surface area contributed by atoms with Gasteiger partial charge in [0.05, 0.1) is 0 Å². The molecule has 0 saturated carbocycles. The average Bonchev–Trinajstić information content (AvgIpc) is 2.61. The van der Waals surface area contributed by atoms with Gasteiger partial charge >= 0.3 is 5.97 Å². The number of benzene rings is 2. The molecule has 2 rings (SSSR count). The molecule has 0 aromatic heterocycles. The van der Waals surface area contributed by atoms with Crippen molar-refractivity contribution in [1.82, 2.24) is 0 Å². The quantitative estimate of drug-likeness (QED) is 0.606. The van der Waals surface area contributed by atoms with E-state index in [1.54, 1.807) is 13.0 Å². The molecular weight excluding hydrogens is 326 g/mol. The Morgan fingerprint density at radius 2 is 1.65 bits per heavy atom. The van der Waals surface area contributed by atoms with Gasteiger partial charge in [0.1, 0.15) is 0 Å². The van der Waals surface area contributed by atoms with Crippen molar-refractivity contribution in [2.24, 2.45) is 0 Å². The summed E-state index contributed by atoms with van der Waals surface area (Å²) in [4.78, 5) is 24.3. The summed E-state index contributed by atoms with van der Waals surface area (Å²) >= 11 is 0. The minimum absolute atomic E-state index is 0.279. The van der Waals surface area contributed by atoms with Crippen LogP contribution in [0, 0.1) is 6.92 Å². The Bertz CT molecular complexity index is 791. The molecule has 0 spiro atoms. The molecule has 0 aliphatic rings. The molecule has 0 aliphatic heterocycles. The first kappa shape index (κ1) is 19.4. The molecule has 26 heavy (non-hydrogen) atoms. The largest absolute Gasteiger partial charge is 0.449 e. The van der Waals surface area contributed by atoms with E-state index in [2.05, 4.69) is 19.2 Å². The molecule has 2 aromatic rings. The number of hydrogen-bond donors (Lipinski definition) is 1. The maximum Gasteiger partial charge on any atom is 0.331 e. The Balaban J connectivity index is 1.94. The highest BCUT2D eigenvalue weighted by atomic mass is 16.5. The fourth-order valence-electron chi connectivity index (χ4n) is 2.46. The van der Waals surface area contributed by atoms with Crippen molar-refractivity contribution in [1.29, 1.82) is 0 Å². The maximum absolute atomic E-state index is 12.3. The zero-order chi connectivity index (χ0) is 19.1. The zero-order valence-corrected chi connectivity index (χ0v) is 15.7. The second-order valence-electron chi connectivity index (χ2n) is 6.55. The number of ether oxygens (including phenoxy) is 1. The molecule has 0 radical (unpaired) electrons. The zero-order valence-electron chi connectivity index (χ0n) is 15.7. The van der Waals surface area contributed by atoms with Gasteiger partial charge in [-0.3, -0.25) is 4.79 Å². The van der Waals surface area contributed by atoms with Crippen molar-refractivity contribution >= 4 is 23.6 Å². The number of rotatable bonds is 6. The van der Waals surface area contributed by atoms with Gasteiger partial charge in [0, 0.05) is 11.8 Å². The van der Waals surface area contributed by atoms with Gasteiger partial charge in [-0.25, -0.2) is 4.79 Å². The molecule has 0 fully saturated rings. The fourth-order valence-corrected chi connectivity index (χ4v) is 2.46. The molecule has 0 unspecified atom stereocenters. The van der Waals surface area contributed by atoms with E-state index in [1.807, 2.05) is 55.5 Å². The Kier molecular flexibility index (Phi) is 6.73. The van der Waals surface area contributed by atoms with Crippen LogP contribution in [0.5, 0.6) is 0 Å². The summed E-state index contributed by atoms with van der Waals surface area (Å²) in [6, 6.07) is 15.4. The highest BCUT2D eigenvalue weighted by Crippen LogP contribution is 2.23. The van der Waals surface area contributed by atoms with Crippen LogP contribution in [0.1, 0.15) is 43.4 Å². The van der Waals surface area contributed by atoms with Crippen molar-refractivity contribution in [3.63, 3.8) is 0 Å². The standard InChI is InChI=1S/C22H25NO3/c1-15(2)19-7-5-6-8-20(19)23-22(25)17(4)26-21(24)14-13-18-11-9-16(3)10-12-18/h5-15,17H,1-4H3,(H,23,25)/b14-13+/t17-/m1/s1. The van der Waals surface area contributed by atoms with E-state index in [9.17, 15) is 9.59 Å². The maximum atomic E-state index is 12.3. The number of anilines is 1. The topological polar surface area (TPSA) is 55.4 Å². The van der Waals surface area contributed by atoms with Crippen LogP contribution < -0.4 is 5.32 Å². The Morgan fingerprint density at radius 3 is 2.31 bits per heavy atom. The van der Waals surface area contributed by atoms with E-state index in [0.717, 1.165) is 22.4 Å². The number of hydrogen-bond acceptors (Lipinski definition) is 3. The SMILES string of the molecule is Cc1ccc(/C=C/C(=O)O[C@H](C)C(=O)Nc2ccccc2C(C)C)cc1. The Labute approximate surface area is 154 Å². The first-order valence-corrected chi connectivity index (χ1v) is 8.72. The number of amides is 1. The summed E-state index contributed by atoms with van der Waals surface area (Å²) in [5.74, 6) is -0.623.